The van der Waals surface area contributed by atoms with Crippen LogP contribution in [0, 0.1) is 17.8 Å². The van der Waals surface area contributed by atoms with E-state index in [0.717, 1.165) is 19.3 Å². The third-order valence-electron chi connectivity index (χ3n) is 4.65. The van der Waals surface area contributed by atoms with Crippen LogP contribution < -0.4 is 11.3 Å². The minimum Gasteiger partial charge on any atom is -0.381 e. The van der Waals surface area contributed by atoms with Crippen molar-refractivity contribution in [3.63, 3.8) is 0 Å². The molecule has 3 nitrogen and oxygen atoms in total. The highest BCUT2D eigenvalue weighted by atomic mass is 19.4. The van der Waals surface area contributed by atoms with Crippen molar-refractivity contribution in [1.82, 2.24) is 5.43 Å². The molecule has 1 heterocycles. The quantitative estimate of drug-likeness (QED) is 0.617. The molecule has 0 radical (unpaired) electrons. The molecule has 6 heteroatoms. The summed E-state index contributed by atoms with van der Waals surface area (Å²) in [5.41, 5.74) is 2.79. The van der Waals surface area contributed by atoms with Gasteiger partial charge in [0.05, 0.1) is 5.92 Å². The van der Waals surface area contributed by atoms with Gasteiger partial charge in [-0.1, -0.05) is 6.42 Å². The van der Waals surface area contributed by atoms with Crippen LogP contribution in [0.25, 0.3) is 0 Å². The fourth-order valence-electron chi connectivity index (χ4n) is 3.58. The maximum absolute atomic E-state index is 12.9. The lowest BCUT2D eigenvalue weighted by molar-refractivity contribution is -0.187. The number of halogens is 3. The molecule has 19 heavy (non-hydrogen) atoms. The lowest BCUT2D eigenvalue weighted by atomic mass is 9.73. The average Bonchev–Trinajstić information content (AvgIpc) is 2.40. The number of rotatable bonds is 3. The second kappa shape index (κ2) is 6.41. The van der Waals surface area contributed by atoms with E-state index in [1.54, 1.807) is 0 Å². The van der Waals surface area contributed by atoms with Gasteiger partial charge in [0.15, 0.2) is 0 Å². The number of hydrazine groups is 1. The van der Waals surface area contributed by atoms with E-state index in [4.69, 9.17) is 10.6 Å². The zero-order chi connectivity index (χ0) is 13.9. The first kappa shape index (κ1) is 15.1. The van der Waals surface area contributed by atoms with Crippen LogP contribution in [0.3, 0.4) is 0 Å². The Labute approximate surface area is 112 Å². The summed E-state index contributed by atoms with van der Waals surface area (Å²) >= 11 is 0. The van der Waals surface area contributed by atoms with Crippen molar-refractivity contribution in [2.75, 3.05) is 13.2 Å². The fraction of sp³-hybridized carbons (Fsp3) is 1.00. The molecule has 3 N–H and O–H groups in total. The molecule has 112 valence electrons. The van der Waals surface area contributed by atoms with Gasteiger partial charge in [-0.05, 0) is 43.9 Å². The molecule has 2 aliphatic rings. The van der Waals surface area contributed by atoms with Crippen LogP contribution in [-0.2, 0) is 4.74 Å². The first-order valence-corrected chi connectivity index (χ1v) is 7.13. The van der Waals surface area contributed by atoms with Crippen molar-refractivity contribution in [3.05, 3.63) is 0 Å². The Morgan fingerprint density at radius 2 is 1.74 bits per heavy atom. The van der Waals surface area contributed by atoms with E-state index in [2.05, 4.69) is 5.43 Å². The number of alkyl halides is 3. The molecule has 1 saturated carbocycles. The molecular weight excluding hydrogens is 257 g/mol. The van der Waals surface area contributed by atoms with Gasteiger partial charge in [-0.15, -0.1) is 0 Å². The van der Waals surface area contributed by atoms with Crippen molar-refractivity contribution in [2.24, 2.45) is 23.6 Å². The zero-order valence-corrected chi connectivity index (χ0v) is 11.1. The van der Waals surface area contributed by atoms with E-state index in [-0.39, 0.29) is 24.8 Å². The summed E-state index contributed by atoms with van der Waals surface area (Å²) in [4.78, 5) is 0. The van der Waals surface area contributed by atoms with Crippen molar-refractivity contribution in [2.45, 2.75) is 50.7 Å². The van der Waals surface area contributed by atoms with Crippen LogP contribution in [0.4, 0.5) is 13.2 Å². The highest BCUT2D eigenvalue weighted by Crippen LogP contribution is 2.42. The lowest BCUT2D eigenvalue weighted by Gasteiger charge is -2.39. The number of hydrogen-bond acceptors (Lipinski definition) is 3. The Morgan fingerprint density at radius 1 is 1.05 bits per heavy atom. The van der Waals surface area contributed by atoms with E-state index in [1.165, 1.54) is 0 Å². The first-order chi connectivity index (χ1) is 9.02. The molecule has 1 saturated heterocycles. The normalized spacial score (nSPS) is 32.2. The number of hydrogen-bond donors (Lipinski definition) is 2. The number of nitrogens with one attached hydrogen (secondary N) is 1. The largest absolute Gasteiger partial charge is 0.391 e. The van der Waals surface area contributed by atoms with E-state index >= 15 is 0 Å². The van der Waals surface area contributed by atoms with E-state index in [1.807, 2.05) is 0 Å². The summed E-state index contributed by atoms with van der Waals surface area (Å²) in [7, 11) is 0. The van der Waals surface area contributed by atoms with Gasteiger partial charge in [0.2, 0.25) is 0 Å². The topological polar surface area (TPSA) is 47.3 Å². The second-order valence-corrected chi connectivity index (χ2v) is 5.81. The van der Waals surface area contributed by atoms with Crippen molar-refractivity contribution in [1.29, 1.82) is 0 Å². The van der Waals surface area contributed by atoms with Crippen molar-refractivity contribution in [3.8, 4) is 0 Å². The van der Waals surface area contributed by atoms with Gasteiger partial charge in [0, 0.05) is 19.3 Å². The number of nitrogens with two attached hydrogens (primary N) is 1. The summed E-state index contributed by atoms with van der Waals surface area (Å²) in [6, 6.07) is -0.00551. The minimum atomic E-state index is -4.06. The molecule has 2 fully saturated rings. The maximum Gasteiger partial charge on any atom is 0.391 e. The Hall–Kier alpha value is -0.330. The minimum absolute atomic E-state index is 0.00551. The Morgan fingerprint density at radius 3 is 2.32 bits per heavy atom. The molecule has 0 aromatic carbocycles. The van der Waals surface area contributed by atoms with Crippen molar-refractivity contribution < 1.29 is 17.9 Å². The lowest BCUT2D eigenvalue weighted by Crippen LogP contribution is -2.49. The first-order valence-electron chi connectivity index (χ1n) is 7.13. The molecule has 1 aliphatic heterocycles. The van der Waals surface area contributed by atoms with Gasteiger partial charge in [0.25, 0.3) is 0 Å². The van der Waals surface area contributed by atoms with Gasteiger partial charge < -0.3 is 4.74 Å². The molecule has 3 unspecified atom stereocenters. The van der Waals surface area contributed by atoms with Gasteiger partial charge in [0.1, 0.15) is 0 Å². The van der Waals surface area contributed by atoms with Gasteiger partial charge in [-0.3, -0.25) is 11.3 Å². The summed E-state index contributed by atoms with van der Waals surface area (Å²) in [6.45, 7) is 1.39. The molecular formula is C13H23F3N2O. The summed E-state index contributed by atoms with van der Waals surface area (Å²) in [6.07, 6.45) is -0.298. The molecule has 0 spiro atoms. The fourth-order valence-corrected chi connectivity index (χ4v) is 3.58. The molecule has 1 aliphatic carbocycles. The van der Waals surface area contributed by atoms with Crippen LogP contribution >= 0.6 is 0 Å². The predicted octanol–water partition coefficient (Wildman–Crippen LogP) is 2.61. The Bertz CT molecular complexity index is 280. The third-order valence-corrected chi connectivity index (χ3v) is 4.65. The molecule has 0 amide bonds. The molecule has 3 atom stereocenters. The van der Waals surface area contributed by atoms with E-state index in [9.17, 15) is 13.2 Å². The molecule has 2 rings (SSSR count). The van der Waals surface area contributed by atoms with Gasteiger partial charge in [-0.25, -0.2) is 0 Å². The molecule has 0 bridgehead atoms. The van der Waals surface area contributed by atoms with Crippen LogP contribution in [0.1, 0.15) is 38.5 Å². The van der Waals surface area contributed by atoms with Crippen LogP contribution in [0.5, 0.6) is 0 Å². The maximum atomic E-state index is 12.9. The molecule has 0 aromatic rings. The standard InChI is InChI=1S/C13H23F3N2O/c14-13(15,16)11-3-1-2-10(8-11)12(18-17)9-4-6-19-7-5-9/h9-12,18H,1-8,17H2. The second-order valence-electron chi connectivity index (χ2n) is 5.81. The third kappa shape index (κ3) is 3.83. The Kier molecular flexibility index (Phi) is 5.09. The van der Waals surface area contributed by atoms with Crippen LogP contribution in [0.15, 0.2) is 0 Å². The van der Waals surface area contributed by atoms with E-state index < -0.39 is 12.1 Å². The Balaban J connectivity index is 1.97. The van der Waals surface area contributed by atoms with E-state index in [0.29, 0.717) is 25.6 Å². The summed E-state index contributed by atoms with van der Waals surface area (Å²) < 4.78 is 43.9. The van der Waals surface area contributed by atoms with Crippen LogP contribution in [0.2, 0.25) is 0 Å². The smallest absolute Gasteiger partial charge is 0.381 e. The van der Waals surface area contributed by atoms with Gasteiger partial charge >= 0.3 is 6.18 Å². The monoisotopic (exact) mass is 280 g/mol. The number of ether oxygens (including phenoxy) is 1. The predicted molar refractivity (Wildman–Crippen MR) is 66.2 cm³/mol. The van der Waals surface area contributed by atoms with Crippen molar-refractivity contribution >= 4 is 0 Å². The van der Waals surface area contributed by atoms with Crippen LogP contribution in [-0.4, -0.2) is 25.4 Å². The zero-order valence-electron chi connectivity index (χ0n) is 11.1. The van der Waals surface area contributed by atoms with Gasteiger partial charge in [-0.2, -0.15) is 13.2 Å². The average molecular weight is 280 g/mol. The highest BCUT2D eigenvalue weighted by molar-refractivity contribution is 4.88. The SMILES string of the molecule is NNC(C1CCOCC1)C1CCCC(C(F)(F)F)C1. The summed E-state index contributed by atoms with van der Waals surface area (Å²) in [5, 5.41) is 0. The molecule has 0 aromatic heterocycles. The highest BCUT2D eigenvalue weighted by Gasteiger charge is 2.44. The summed E-state index contributed by atoms with van der Waals surface area (Å²) in [5.74, 6) is 4.84.